The molecule has 1 amide bonds. The Balaban J connectivity index is 1.96. The van der Waals surface area contributed by atoms with Gasteiger partial charge in [-0.1, -0.05) is 26.0 Å². The van der Waals surface area contributed by atoms with Crippen molar-refractivity contribution in [1.82, 2.24) is 15.2 Å². The van der Waals surface area contributed by atoms with E-state index < -0.39 is 15.1 Å². The van der Waals surface area contributed by atoms with Gasteiger partial charge in [0.1, 0.15) is 5.82 Å². The molecule has 3 aromatic rings. The Morgan fingerprint density at radius 2 is 1.74 bits per heavy atom. The highest BCUT2D eigenvalue weighted by molar-refractivity contribution is 7.92. The summed E-state index contributed by atoms with van der Waals surface area (Å²) in [6.07, 6.45) is 1.67. The van der Waals surface area contributed by atoms with Gasteiger partial charge in [-0.05, 0) is 37.6 Å². The van der Waals surface area contributed by atoms with Gasteiger partial charge >= 0.3 is 0 Å². The van der Waals surface area contributed by atoms with Gasteiger partial charge in [-0.2, -0.15) is 5.10 Å². The van der Waals surface area contributed by atoms with E-state index in [-0.39, 0.29) is 11.8 Å². The number of hydrogen-bond acceptors (Lipinski definition) is 5. The van der Waals surface area contributed by atoms with Crippen LogP contribution >= 0.6 is 0 Å². The first kappa shape index (κ1) is 19.0. The van der Waals surface area contributed by atoms with Crippen molar-refractivity contribution in [1.29, 1.82) is 0 Å². The van der Waals surface area contributed by atoms with E-state index >= 15 is 0 Å². The molecule has 7 nitrogen and oxygen atoms in total. The Bertz CT molecular complexity index is 1080. The number of amides is 1. The number of carbonyl (C=O) groups excluding carboxylic acids is 1. The maximum Gasteiger partial charge on any atom is 0.228 e. The zero-order valence-corrected chi connectivity index (χ0v) is 16.5. The van der Waals surface area contributed by atoms with E-state index in [1.54, 1.807) is 44.3 Å². The molecule has 0 aliphatic heterocycles. The molecule has 1 aromatic carbocycles. The van der Waals surface area contributed by atoms with Gasteiger partial charge in [0.15, 0.2) is 15.5 Å². The molecule has 8 heteroatoms. The first-order chi connectivity index (χ1) is 12.7. The van der Waals surface area contributed by atoms with Crippen LogP contribution in [-0.4, -0.2) is 34.8 Å². The highest BCUT2D eigenvalue weighted by Gasteiger charge is 2.19. The highest BCUT2D eigenvalue weighted by Crippen LogP contribution is 2.27. The number of nitrogens with one attached hydrogen (secondary N) is 2. The van der Waals surface area contributed by atoms with Gasteiger partial charge < -0.3 is 5.32 Å². The Morgan fingerprint density at radius 1 is 1.07 bits per heavy atom. The number of aromatic amines is 1. The molecule has 0 atom stereocenters. The fourth-order valence-electron chi connectivity index (χ4n) is 2.53. The van der Waals surface area contributed by atoms with E-state index in [4.69, 9.17) is 0 Å². The maximum atomic E-state index is 12.3. The summed E-state index contributed by atoms with van der Waals surface area (Å²) in [5.74, 6) is 0.223. The number of fused-ring (bicyclic) bond motifs is 1. The van der Waals surface area contributed by atoms with Crippen LogP contribution in [0.25, 0.3) is 22.2 Å². The molecule has 0 saturated carbocycles. The third kappa shape index (κ3) is 3.71. The van der Waals surface area contributed by atoms with Gasteiger partial charge in [0.05, 0.1) is 15.5 Å². The van der Waals surface area contributed by atoms with Crippen molar-refractivity contribution in [3.05, 3.63) is 36.5 Å². The molecule has 2 heterocycles. The normalized spacial score (nSPS) is 12.1. The number of benzene rings is 1. The van der Waals surface area contributed by atoms with Crippen LogP contribution < -0.4 is 5.32 Å². The molecular weight excluding hydrogens is 364 g/mol. The SMILES string of the molecule is CC(C)C(=O)Nc1[nH]nc2ncc(-c3ccc(S(=O)(=O)C(C)C)cc3)cc12. The molecule has 142 valence electrons. The number of rotatable bonds is 5. The van der Waals surface area contributed by atoms with Crippen molar-refractivity contribution < 1.29 is 13.2 Å². The van der Waals surface area contributed by atoms with Gasteiger partial charge in [0, 0.05) is 17.7 Å². The van der Waals surface area contributed by atoms with Gasteiger partial charge in [0.25, 0.3) is 0 Å². The summed E-state index contributed by atoms with van der Waals surface area (Å²) < 4.78 is 24.5. The van der Waals surface area contributed by atoms with Crippen molar-refractivity contribution in [3.8, 4) is 11.1 Å². The number of anilines is 1. The lowest BCUT2D eigenvalue weighted by Crippen LogP contribution is -2.18. The first-order valence-electron chi connectivity index (χ1n) is 8.69. The quantitative estimate of drug-likeness (QED) is 0.699. The summed E-state index contributed by atoms with van der Waals surface area (Å²) >= 11 is 0. The largest absolute Gasteiger partial charge is 0.310 e. The Kier molecular flexibility index (Phi) is 5.01. The molecule has 0 aliphatic carbocycles. The number of H-pyrrole nitrogens is 1. The van der Waals surface area contributed by atoms with Crippen molar-refractivity contribution in [2.24, 2.45) is 5.92 Å². The molecule has 0 bridgehead atoms. The molecule has 2 aromatic heterocycles. The molecule has 0 fully saturated rings. The fraction of sp³-hybridized carbons (Fsp3) is 0.316. The molecule has 0 saturated heterocycles. The minimum Gasteiger partial charge on any atom is -0.310 e. The summed E-state index contributed by atoms with van der Waals surface area (Å²) in [7, 11) is -3.31. The maximum absolute atomic E-state index is 12.3. The van der Waals surface area contributed by atoms with Gasteiger partial charge in [-0.3, -0.25) is 9.89 Å². The summed E-state index contributed by atoms with van der Waals surface area (Å²) in [4.78, 5) is 16.6. The van der Waals surface area contributed by atoms with Crippen LogP contribution in [0.15, 0.2) is 41.4 Å². The third-order valence-corrected chi connectivity index (χ3v) is 6.49. The van der Waals surface area contributed by atoms with E-state index in [1.165, 1.54) is 0 Å². The first-order valence-corrected chi connectivity index (χ1v) is 10.2. The van der Waals surface area contributed by atoms with E-state index in [0.29, 0.717) is 21.7 Å². The Labute approximate surface area is 158 Å². The van der Waals surface area contributed by atoms with Crippen molar-refractivity contribution in [3.63, 3.8) is 0 Å². The van der Waals surface area contributed by atoms with E-state index in [2.05, 4.69) is 20.5 Å². The lowest BCUT2D eigenvalue weighted by Gasteiger charge is -2.09. The van der Waals surface area contributed by atoms with E-state index in [1.807, 2.05) is 19.9 Å². The number of hydrogen-bond donors (Lipinski definition) is 2. The Hall–Kier alpha value is -2.74. The van der Waals surface area contributed by atoms with Crippen LogP contribution in [0.1, 0.15) is 27.7 Å². The second kappa shape index (κ2) is 7.11. The second-order valence-electron chi connectivity index (χ2n) is 6.96. The minimum atomic E-state index is -3.31. The standard InChI is InChI=1S/C19H22N4O3S/c1-11(2)19(24)21-18-16-9-14(10-20-17(16)22-23-18)13-5-7-15(8-6-13)27(25,26)12(3)4/h5-12H,1-4H3,(H2,20,21,22,23,24). The molecule has 0 aliphatic rings. The molecule has 2 N–H and O–H groups in total. The monoisotopic (exact) mass is 386 g/mol. The molecule has 0 spiro atoms. The van der Waals surface area contributed by atoms with Gasteiger partial charge in [-0.15, -0.1) is 0 Å². The number of carbonyl (C=O) groups is 1. The van der Waals surface area contributed by atoms with Crippen LogP contribution in [-0.2, 0) is 14.6 Å². The van der Waals surface area contributed by atoms with Crippen molar-refractivity contribution in [2.45, 2.75) is 37.8 Å². The van der Waals surface area contributed by atoms with E-state index in [9.17, 15) is 13.2 Å². The molecular formula is C19H22N4O3S. The van der Waals surface area contributed by atoms with Crippen molar-refractivity contribution >= 4 is 32.6 Å². The zero-order chi connectivity index (χ0) is 19.8. The minimum absolute atomic E-state index is 0.116. The predicted molar refractivity (Wildman–Crippen MR) is 105 cm³/mol. The van der Waals surface area contributed by atoms with Gasteiger partial charge in [-0.25, -0.2) is 13.4 Å². The van der Waals surface area contributed by atoms with Crippen LogP contribution in [0.5, 0.6) is 0 Å². The lowest BCUT2D eigenvalue weighted by molar-refractivity contribution is -0.118. The smallest absolute Gasteiger partial charge is 0.228 e. The summed E-state index contributed by atoms with van der Waals surface area (Å²) in [5, 5.41) is 9.93. The summed E-state index contributed by atoms with van der Waals surface area (Å²) in [5.41, 5.74) is 2.13. The van der Waals surface area contributed by atoms with Crippen LogP contribution in [0, 0.1) is 5.92 Å². The lowest BCUT2D eigenvalue weighted by atomic mass is 10.1. The topological polar surface area (TPSA) is 105 Å². The number of aromatic nitrogens is 3. The average molecular weight is 386 g/mol. The predicted octanol–water partition coefficient (Wildman–Crippen LogP) is 3.40. The second-order valence-corrected chi connectivity index (χ2v) is 9.46. The zero-order valence-electron chi connectivity index (χ0n) is 15.6. The van der Waals surface area contributed by atoms with Gasteiger partial charge in [0.2, 0.25) is 5.91 Å². The number of pyridine rings is 1. The van der Waals surface area contributed by atoms with Crippen molar-refractivity contribution in [2.75, 3.05) is 5.32 Å². The highest BCUT2D eigenvalue weighted by atomic mass is 32.2. The van der Waals surface area contributed by atoms with E-state index in [0.717, 1.165) is 11.1 Å². The summed E-state index contributed by atoms with van der Waals surface area (Å²) in [6, 6.07) is 8.58. The molecule has 0 radical (unpaired) electrons. The van der Waals surface area contributed by atoms with Crippen LogP contribution in [0.4, 0.5) is 5.82 Å². The molecule has 27 heavy (non-hydrogen) atoms. The Morgan fingerprint density at radius 3 is 2.33 bits per heavy atom. The third-order valence-electron chi connectivity index (χ3n) is 4.32. The number of nitrogens with zero attached hydrogens (tertiary/aromatic N) is 2. The molecule has 3 rings (SSSR count). The molecule has 0 unspecified atom stereocenters. The summed E-state index contributed by atoms with van der Waals surface area (Å²) in [6.45, 7) is 6.94. The fourth-order valence-corrected chi connectivity index (χ4v) is 3.59. The number of sulfone groups is 1. The van der Waals surface area contributed by atoms with Crippen LogP contribution in [0.3, 0.4) is 0 Å². The van der Waals surface area contributed by atoms with Crippen LogP contribution in [0.2, 0.25) is 0 Å². The average Bonchev–Trinajstić information content (AvgIpc) is 3.03.